The number of ether oxygens (including phenoxy) is 2. The van der Waals surface area contributed by atoms with E-state index in [4.69, 9.17) is 9.47 Å². The summed E-state index contributed by atoms with van der Waals surface area (Å²) in [6, 6.07) is 15.0. The molecule has 3 aromatic rings. The maximum Gasteiger partial charge on any atom is 0.309 e. The number of carbonyl (C=O) groups is 1. The van der Waals surface area contributed by atoms with Crippen LogP contribution in [0.3, 0.4) is 0 Å². The summed E-state index contributed by atoms with van der Waals surface area (Å²) in [7, 11) is 1.39. The smallest absolute Gasteiger partial charge is 0.309 e. The molecule has 2 aromatic carbocycles. The summed E-state index contributed by atoms with van der Waals surface area (Å²) in [6.45, 7) is 4.61. The highest BCUT2D eigenvalue weighted by molar-refractivity contribution is 5.84. The minimum atomic E-state index is -0.246. The van der Waals surface area contributed by atoms with E-state index in [1.54, 1.807) is 12.3 Å². The van der Waals surface area contributed by atoms with Crippen LogP contribution in [0.25, 0.3) is 10.9 Å². The molecule has 0 unspecified atom stereocenters. The van der Waals surface area contributed by atoms with Crippen molar-refractivity contribution in [3.8, 4) is 5.75 Å². The summed E-state index contributed by atoms with van der Waals surface area (Å²) in [4.78, 5) is 23.5. The van der Waals surface area contributed by atoms with Gasteiger partial charge >= 0.3 is 5.97 Å². The average molecular weight is 394 g/mol. The van der Waals surface area contributed by atoms with Gasteiger partial charge in [-0.2, -0.15) is 0 Å². The molecule has 0 bridgehead atoms. The number of rotatable bonds is 9. The number of hydrogen-bond acceptors (Lipinski definition) is 5. The number of carbonyl (C=O) groups excluding carboxylic acids is 1. The van der Waals surface area contributed by atoms with Gasteiger partial charge in [0.05, 0.1) is 19.0 Å². The fourth-order valence-corrected chi connectivity index (χ4v) is 3.27. The van der Waals surface area contributed by atoms with E-state index in [-0.39, 0.29) is 17.8 Å². The van der Waals surface area contributed by atoms with Gasteiger partial charge in [-0.3, -0.25) is 9.59 Å². The van der Waals surface area contributed by atoms with Crippen molar-refractivity contribution in [3.05, 3.63) is 76.1 Å². The highest BCUT2D eigenvalue weighted by atomic mass is 16.5. The van der Waals surface area contributed by atoms with Gasteiger partial charge in [-0.15, -0.1) is 0 Å². The van der Waals surface area contributed by atoms with E-state index in [1.807, 2.05) is 54.0 Å². The van der Waals surface area contributed by atoms with Crippen LogP contribution in [-0.4, -0.2) is 30.8 Å². The summed E-state index contributed by atoms with van der Waals surface area (Å²) in [5.74, 6) is 0.466. The Bertz CT molecular complexity index is 1040. The van der Waals surface area contributed by atoms with E-state index >= 15 is 0 Å². The largest absolute Gasteiger partial charge is 0.490 e. The lowest BCUT2D eigenvalue weighted by atomic mass is 10.1. The fraction of sp³-hybridized carbons (Fsp3) is 0.304. The summed E-state index contributed by atoms with van der Waals surface area (Å²) >= 11 is 0. The van der Waals surface area contributed by atoms with Crippen molar-refractivity contribution in [2.75, 3.05) is 20.3 Å². The van der Waals surface area contributed by atoms with Crippen molar-refractivity contribution in [1.82, 2.24) is 9.88 Å². The van der Waals surface area contributed by atoms with Gasteiger partial charge in [0.2, 0.25) is 0 Å². The molecule has 152 valence electrons. The molecule has 0 radical (unpaired) electrons. The Balaban J connectivity index is 1.57. The zero-order valence-electron chi connectivity index (χ0n) is 16.8. The molecule has 0 spiro atoms. The topological polar surface area (TPSA) is 69.6 Å². The second-order valence-corrected chi connectivity index (χ2v) is 6.72. The monoisotopic (exact) mass is 394 g/mol. The van der Waals surface area contributed by atoms with Gasteiger partial charge < -0.3 is 19.4 Å². The van der Waals surface area contributed by atoms with Crippen LogP contribution in [-0.2, 0) is 29.0 Å². The summed E-state index contributed by atoms with van der Waals surface area (Å²) in [6.07, 6.45) is 2.07. The van der Waals surface area contributed by atoms with Crippen molar-refractivity contribution in [2.24, 2.45) is 0 Å². The van der Waals surface area contributed by atoms with Crippen LogP contribution in [0.1, 0.15) is 18.1 Å². The minimum Gasteiger partial charge on any atom is -0.490 e. The first-order valence-electron chi connectivity index (χ1n) is 9.72. The highest BCUT2D eigenvalue weighted by Crippen LogP contribution is 2.23. The molecule has 0 aliphatic rings. The van der Waals surface area contributed by atoms with E-state index in [2.05, 4.69) is 5.32 Å². The molecule has 0 amide bonds. The summed E-state index contributed by atoms with van der Waals surface area (Å²) in [5, 5.41) is 4.01. The van der Waals surface area contributed by atoms with Crippen LogP contribution in [0.5, 0.6) is 5.75 Å². The van der Waals surface area contributed by atoms with Gasteiger partial charge in [0.1, 0.15) is 12.4 Å². The Morgan fingerprint density at radius 3 is 2.69 bits per heavy atom. The number of methoxy groups -OCH3 is 1. The minimum absolute atomic E-state index is 0.000103. The van der Waals surface area contributed by atoms with Crippen molar-refractivity contribution >= 4 is 16.9 Å². The summed E-state index contributed by atoms with van der Waals surface area (Å²) in [5.41, 5.74) is 2.86. The van der Waals surface area contributed by atoms with Gasteiger partial charge in [-0.25, -0.2) is 0 Å². The molecule has 6 heteroatoms. The molecule has 0 saturated heterocycles. The molecule has 0 fully saturated rings. The van der Waals surface area contributed by atoms with Crippen molar-refractivity contribution in [1.29, 1.82) is 0 Å². The first kappa shape index (κ1) is 20.6. The molecule has 1 aromatic heterocycles. The average Bonchev–Trinajstić information content (AvgIpc) is 2.74. The van der Waals surface area contributed by atoms with Crippen molar-refractivity contribution < 1.29 is 14.3 Å². The van der Waals surface area contributed by atoms with Gasteiger partial charge in [0.25, 0.3) is 0 Å². The molecule has 6 nitrogen and oxygen atoms in total. The van der Waals surface area contributed by atoms with Crippen LogP contribution in [0.15, 0.2) is 59.5 Å². The van der Waals surface area contributed by atoms with Crippen molar-refractivity contribution in [2.45, 2.75) is 26.4 Å². The normalized spacial score (nSPS) is 10.8. The number of aromatic nitrogens is 1. The SMILES string of the molecule is CCn1ccc(=O)c2cccc(OCCNCc3cccc(CC(=O)OC)c3)c21. The number of para-hydroxylation sites is 1. The molecule has 0 atom stereocenters. The predicted octanol–water partition coefficient (Wildman–Crippen LogP) is 2.91. The van der Waals surface area contributed by atoms with Crippen molar-refractivity contribution in [3.63, 3.8) is 0 Å². The van der Waals surface area contributed by atoms with Crippen LogP contribution in [0.4, 0.5) is 0 Å². The predicted molar refractivity (Wildman–Crippen MR) is 113 cm³/mol. The highest BCUT2D eigenvalue weighted by Gasteiger charge is 2.08. The number of pyridine rings is 1. The molecule has 0 aliphatic carbocycles. The van der Waals surface area contributed by atoms with Gasteiger partial charge in [0, 0.05) is 37.3 Å². The Morgan fingerprint density at radius 2 is 1.90 bits per heavy atom. The third-order valence-electron chi connectivity index (χ3n) is 4.73. The second-order valence-electron chi connectivity index (χ2n) is 6.72. The lowest BCUT2D eigenvalue weighted by Gasteiger charge is -2.14. The molecule has 1 N–H and O–H groups in total. The quantitative estimate of drug-likeness (QED) is 0.446. The lowest BCUT2D eigenvalue weighted by molar-refractivity contribution is -0.139. The van der Waals surface area contributed by atoms with Crippen LogP contribution in [0.2, 0.25) is 0 Å². The lowest BCUT2D eigenvalue weighted by Crippen LogP contribution is -2.21. The Kier molecular flexibility index (Phi) is 7.03. The third kappa shape index (κ3) is 5.23. The molecule has 0 aliphatic heterocycles. The van der Waals surface area contributed by atoms with Crippen LogP contribution >= 0.6 is 0 Å². The number of hydrogen-bond donors (Lipinski definition) is 1. The zero-order chi connectivity index (χ0) is 20.6. The third-order valence-corrected chi connectivity index (χ3v) is 4.73. The maximum atomic E-state index is 12.1. The molecule has 1 heterocycles. The Labute approximate surface area is 170 Å². The van der Waals surface area contributed by atoms with E-state index in [1.165, 1.54) is 7.11 Å². The van der Waals surface area contributed by atoms with E-state index in [0.717, 1.165) is 23.2 Å². The number of aryl methyl sites for hydroxylation is 1. The maximum absolute atomic E-state index is 12.1. The van der Waals surface area contributed by atoms with E-state index < -0.39 is 0 Å². The molecular weight excluding hydrogens is 368 g/mol. The second kappa shape index (κ2) is 9.89. The number of nitrogens with zero attached hydrogens (tertiary/aromatic N) is 1. The van der Waals surface area contributed by atoms with Crippen LogP contribution in [0, 0.1) is 0 Å². The summed E-state index contributed by atoms with van der Waals surface area (Å²) < 4.78 is 12.7. The molecular formula is C23H26N2O4. The first-order chi connectivity index (χ1) is 14.1. The zero-order valence-corrected chi connectivity index (χ0v) is 16.8. The standard InChI is InChI=1S/C23H26N2O4/c1-3-25-12-10-20(26)19-8-5-9-21(23(19)25)29-13-11-24-16-18-7-4-6-17(14-18)15-22(27)28-2/h4-10,12,14,24H,3,11,13,15-16H2,1-2H3. The van der Waals surface area contributed by atoms with Crippen LogP contribution < -0.4 is 15.5 Å². The van der Waals surface area contributed by atoms with E-state index in [0.29, 0.717) is 30.8 Å². The number of nitrogens with one attached hydrogen (secondary N) is 1. The van der Waals surface area contributed by atoms with Gasteiger partial charge in [-0.1, -0.05) is 30.3 Å². The van der Waals surface area contributed by atoms with Gasteiger partial charge in [-0.05, 0) is 30.2 Å². The first-order valence-corrected chi connectivity index (χ1v) is 9.72. The number of esters is 1. The molecule has 0 saturated carbocycles. The number of benzene rings is 2. The molecule has 3 rings (SSSR count). The Morgan fingerprint density at radius 1 is 1.10 bits per heavy atom. The van der Waals surface area contributed by atoms with E-state index in [9.17, 15) is 9.59 Å². The number of fused-ring (bicyclic) bond motifs is 1. The molecule has 29 heavy (non-hydrogen) atoms. The fourth-order valence-electron chi connectivity index (χ4n) is 3.27. The van der Waals surface area contributed by atoms with Gasteiger partial charge in [0.15, 0.2) is 5.43 Å². The Hall–Kier alpha value is -3.12.